The van der Waals surface area contributed by atoms with Crippen LogP contribution >= 0.6 is 11.8 Å². The summed E-state index contributed by atoms with van der Waals surface area (Å²) in [5.74, 6) is -1.50. The van der Waals surface area contributed by atoms with Gasteiger partial charge in [-0.05, 0) is 49.9 Å². The highest BCUT2D eigenvalue weighted by Crippen LogP contribution is 2.51. The number of nitrogens with one attached hydrogen (secondary N) is 1. The van der Waals surface area contributed by atoms with Crippen LogP contribution in [0.25, 0.3) is 0 Å². The first kappa shape index (κ1) is 23.9. The minimum atomic E-state index is -0.976. The normalized spacial score (nSPS) is 19.0. The lowest BCUT2D eigenvalue weighted by atomic mass is 9.98. The van der Waals surface area contributed by atoms with Crippen molar-refractivity contribution in [3.63, 3.8) is 0 Å². The zero-order valence-corrected chi connectivity index (χ0v) is 18.8. The number of amidine groups is 1. The van der Waals surface area contributed by atoms with Crippen LogP contribution in [0.3, 0.4) is 0 Å². The second-order valence-electron chi connectivity index (χ2n) is 7.54. The third-order valence-electron chi connectivity index (χ3n) is 5.30. The molecule has 0 fully saturated rings. The molecule has 32 heavy (non-hydrogen) atoms. The van der Waals surface area contributed by atoms with Gasteiger partial charge in [-0.3, -0.25) is 10.2 Å². The first-order chi connectivity index (χ1) is 15.3. The number of amides is 1. The number of carbonyl (C=O) groups excluding carboxylic acids is 1. The molecule has 9 heteroatoms. The number of ether oxygens (including phenoxy) is 1. The summed E-state index contributed by atoms with van der Waals surface area (Å²) in [7, 11) is 1.43. The second-order valence-corrected chi connectivity index (χ2v) is 8.81. The first-order valence-corrected chi connectivity index (χ1v) is 11.1. The second kappa shape index (κ2) is 10.2. The van der Waals surface area contributed by atoms with Crippen molar-refractivity contribution in [3.05, 3.63) is 71.3 Å². The van der Waals surface area contributed by atoms with E-state index in [2.05, 4.69) is 5.10 Å². The Kier molecular flexibility index (Phi) is 7.63. The lowest BCUT2D eigenvalue weighted by Crippen LogP contribution is -2.45. The molecule has 0 aromatic heterocycles. The average Bonchev–Trinajstić information content (AvgIpc) is 3.18. The molecular formula is C23H26F2N4O2S. The maximum atomic E-state index is 14.6. The van der Waals surface area contributed by atoms with E-state index in [9.17, 15) is 13.6 Å². The van der Waals surface area contributed by atoms with E-state index in [1.54, 1.807) is 6.92 Å². The van der Waals surface area contributed by atoms with Gasteiger partial charge in [0.2, 0.25) is 0 Å². The fraction of sp³-hybridized carbons (Fsp3) is 0.348. The number of rotatable bonds is 9. The van der Waals surface area contributed by atoms with Gasteiger partial charge in [0.15, 0.2) is 0 Å². The van der Waals surface area contributed by atoms with E-state index in [0.717, 1.165) is 23.8 Å². The molecule has 0 saturated carbocycles. The van der Waals surface area contributed by atoms with Crippen molar-refractivity contribution in [2.24, 2.45) is 10.8 Å². The van der Waals surface area contributed by atoms with Crippen LogP contribution in [-0.2, 0) is 14.4 Å². The van der Waals surface area contributed by atoms with E-state index in [1.165, 1.54) is 23.9 Å². The van der Waals surface area contributed by atoms with E-state index >= 15 is 0 Å². The molecule has 0 spiro atoms. The number of hydrogen-bond donors (Lipinski definition) is 2. The highest BCUT2D eigenvalue weighted by Gasteiger charge is 2.49. The maximum Gasteiger partial charge on any atom is 0.273 e. The monoisotopic (exact) mass is 460 g/mol. The Morgan fingerprint density at radius 3 is 2.62 bits per heavy atom. The number of carbonyl (C=O) groups is 1. The minimum absolute atomic E-state index is 0.000544. The maximum absolute atomic E-state index is 14.6. The van der Waals surface area contributed by atoms with Crippen LogP contribution in [-0.4, -0.2) is 35.0 Å². The molecule has 1 aliphatic heterocycles. The lowest BCUT2D eigenvalue weighted by Gasteiger charge is -2.37. The average molecular weight is 461 g/mol. The molecule has 6 nitrogen and oxygen atoms in total. The molecule has 2 aromatic carbocycles. The predicted octanol–water partition coefficient (Wildman–Crippen LogP) is 4.59. The summed E-state index contributed by atoms with van der Waals surface area (Å²) in [5, 5.41) is 13.5. The van der Waals surface area contributed by atoms with Crippen LogP contribution < -0.4 is 5.73 Å². The quantitative estimate of drug-likeness (QED) is 0.325. The smallest absolute Gasteiger partial charge is 0.273 e. The van der Waals surface area contributed by atoms with Crippen LogP contribution in [0.2, 0.25) is 0 Å². The van der Waals surface area contributed by atoms with Gasteiger partial charge in [-0.15, -0.1) is 0 Å². The highest BCUT2D eigenvalue weighted by atomic mass is 32.2. The number of hydrogen-bond acceptors (Lipinski definition) is 5. The van der Waals surface area contributed by atoms with E-state index in [0.29, 0.717) is 25.7 Å². The molecule has 1 amide bonds. The summed E-state index contributed by atoms with van der Waals surface area (Å²) in [6.45, 7) is 1.62. The van der Waals surface area contributed by atoms with Crippen molar-refractivity contribution < 1.29 is 18.3 Å². The Hall–Kier alpha value is -2.78. The standard InChI is InChI=1S/C23H26F2N4O2S/c1-15(31-2)22(30)29-23(13-7-6-10-20(26)27,16-8-4-3-5-9-16)32-21(28-29)18-14-17(24)11-12-19(18)25/h3-5,8-9,11-12,14-15H,6-7,10,13H2,1-2H3,(H3,26,27). The van der Waals surface area contributed by atoms with Crippen molar-refractivity contribution >= 4 is 28.5 Å². The Balaban J connectivity index is 2.08. The summed E-state index contributed by atoms with van der Waals surface area (Å²) in [5.41, 5.74) is 6.30. The number of hydrazone groups is 1. The number of thioether (sulfide) groups is 1. The van der Waals surface area contributed by atoms with Gasteiger partial charge in [-0.25, -0.2) is 13.8 Å². The number of benzene rings is 2. The molecule has 0 saturated heterocycles. The molecule has 3 rings (SSSR count). The van der Waals surface area contributed by atoms with Crippen molar-refractivity contribution in [3.8, 4) is 0 Å². The van der Waals surface area contributed by atoms with Crippen LogP contribution in [0.1, 0.15) is 43.7 Å². The van der Waals surface area contributed by atoms with Crippen LogP contribution in [0.15, 0.2) is 53.6 Å². The largest absolute Gasteiger partial charge is 0.388 e. The topological polar surface area (TPSA) is 91.8 Å². The first-order valence-electron chi connectivity index (χ1n) is 10.3. The predicted molar refractivity (Wildman–Crippen MR) is 122 cm³/mol. The zero-order valence-electron chi connectivity index (χ0n) is 18.0. The zero-order chi connectivity index (χ0) is 23.3. The molecule has 2 atom stereocenters. The number of halogens is 2. The number of methoxy groups -OCH3 is 1. The Morgan fingerprint density at radius 1 is 1.25 bits per heavy atom. The fourth-order valence-electron chi connectivity index (χ4n) is 3.53. The van der Waals surface area contributed by atoms with Gasteiger partial charge in [0.05, 0.1) is 5.84 Å². The van der Waals surface area contributed by atoms with E-state index in [4.69, 9.17) is 15.9 Å². The molecule has 170 valence electrons. The molecule has 1 aliphatic rings. The van der Waals surface area contributed by atoms with Gasteiger partial charge in [-0.2, -0.15) is 5.10 Å². The minimum Gasteiger partial charge on any atom is -0.388 e. The Labute approximate surface area is 190 Å². The molecule has 0 radical (unpaired) electrons. The third-order valence-corrected chi connectivity index (χ3v) is 6.75. The summed E-state index contributed by atoms with van der Waals surface area (Å²) >= 11 is 1.22. The van der Waals surface area contributed by atoms with Gasteiger partial charge >= 0.3 is 0 Å². The summed E-state index contributed by atoms with van der Waals surface area (Å²) in [4.78, 5) is 12.3. The van der Waals surface area contributed by atoms with Gasteiger partial charge < -0.3 is 10.5 Å². The number of unbranched alkanes of at least 4 members (excludes halogenated alkanes) is 1. The van der Waals surface area contributed by atoms with Gasteiger partial charge in [0, 0.05) is 19.1 Å². The van der Waals surface area contributed by atoms with Crippen LogP contribution in [0.5, 0.6) is 0 Å². The van der Waals surface area contributed by atoms with Gasteiger partial charge in [0.1, 0.15) is 27.7 Å². The third kappa shape index (κ3) is 4.99. The highest BCUT2D eigenvalue weighted by molar-refractivity contribution is 8.15. The van der Waals surface area contributed by atoms with Crippen LogP contribution in [0, 0.1) is 17.0 Å². The van der Waals surface area contributed by atoms with E-state index < -0.39 is 22.6 Å². The molecule has 0 aliphatic carbocycles. The Bertz CT molecular complexity index is 1020. The Morgan fingerprint density at radius 2 is 1.97 bits per heavy atom. The van der Waals surface area contributed by atoms with E-state index in [1.807, 2.05) is 30.3 Å². The van der Waals surface area contributed by atoms with Crippen molar-refractivity contribution in [1.29, 1.82) is 5.41 Å². The summed E-state index contributed by atoms with van der Waals surface area (Å²) in [6, 6.07) is 12.5. The van der Waals surface area contributed by atoms with Gasteiger partial charge in [-0.1, -0.05) is 42.1 Å². The molecule has 1 heterocycles. The number of nitrogens with zero attached hydrogens (tertiary/aromatic N) is 2. The molecule has 2 unspecified atom stereocenters. The number of nitrogens with two attached hydrogens (primary N) is 1. The van der Waals surface area contributed by atoms with E-state index in [-0.39, 0.29) is 22.3 Å². The SMILES string of the molecule is COC(C)C(=O)N1N=C(c2cc(F)ccc2F)SC1(CCCCC(=N)N)c1ccccc1. The lowest BCUT2D eigenvalue weighted by molar-refractivity contribution is -0.144. The molecular weight excluding hydrogens is 434 g/mol. The molecule has 0 bridgehead atoms. The fourth-order valence-corrected chi connectivity index (χ4v) is 4.95. The van der Waals surface area contributed by atoms with Crippen molar-refractivity contribution in [1.82, 2.24) is 5.01 Å². The summed E-state index contributed by atoms with van der Waals surface area (Å²) in [6.07, 6.45) is 1.42. The van der Waals surface area contributed by atoms with Crippen molar-refractivity contribution in [2.45, 2.75) is 43.6 Å². The van der Waals surface area contributed by atoms with Crippen molar-refractivity contribution in [2.75, 3.05) is 7.11 Å². The summed E-state index contributed by atoms with van der Waals surface area (Å²) < 4.78 is 33.8. The van der Waals surface area contributed by atoms with Crippen LogP contribution in [0.4, 0.5) is 8.78 Å². The van der Waals surface area contributed by atoms with Gasteiger partial charge in [0.25, 0.3) is 5.91 Å². The molecule has 3 N–H and O–H groups in total. The molecule has 2 aromatic rings.